The fourth-order valence-electron chi connectivity index (χ4n) is 4.54. The molecule has 9 heteroatoms. The Labute approximate surface area is 182 Å². The van der Waals surface area contributed by atoms with Crippen molar-refractivity contribution in [3.05, 3.63) is 29.7 Å². The smallest absolute Gasteiger partial charge is 0.243 e. The van der Waals surface area contributed by atoms with E-state index in [1.807, 2.05) is 11.0 Å². The van der Waals surface area contributed by atoms with Crippen molar-refractivity contribution in [1.29, 1.82) is 0 Å². The number of benzene rings is 1. The van der Waals surface area contributed by atoms with Crippen molar-refractivity contribution in [2.45, 2.75) is 56.3 Å². The van der Waals surface area contributed by atoms with Crippen molar-refractivity contribution in [2.24, 2.45) is 5.92 Å². The molecule has 0 atom stereocenters. The van der Waals surface area contributed by atoms with Gasteiger partial charge in [-0.25, -0.2) is 8.42 Å². The number of likely N-dealkylation sites (tertiary alicyclic amines) is 1. The van der Waals surface area contributed by atoms with E-state index in [2.05, 4.69) is 10.1 Å². The van der Waals surface area contributed by atoms with Gasteiger partial charge < -0.3 is 9.42 Å². The highest BCUT2D eigenvalue weighted by Crippen LogP contribution is 2.39. The van der Waals surface area contributed by atoms with Crippen molar-refractivity contribution in [3.8, 4) is 11.4 Å². The van der Waals surface area contributed by atoms with E-state index < -0.39 is 10.0 Å². The number of hydrogen-bond acceptors (Lipinski definition) is 6. The van der Waals surface area contributed by atoms with Gasteiger partial charge in [-0.05, 0) is 57.1 Å². The summed E-state index contributed by atoms with van der Waals surface area (Å²) in [6, 6.07) is 5.27. The summed E-state index contributed by atoms with van der Waals surface area (Å²) < 4.78 is 33.7. The SMILES string of the molecule is Cc1ccc(-c2noc(C3CC3)n2)cc1S(=O)(=O)N1CCC(C(=O)N2CCCC2)CC1. The summed E-state index contributed by atoms with van der Waals surface area (Å²) in [5.74, 6) is 1.52. The molecule has 0 spiro atoms. The Hall–Kier alpha value is -2.26. The lowest BCUT2D eigenvalue weighted by molar-refractivity contribution is -0.135. The summed E-state index contributed by atoms with van der Waals surface area (Å²) in [6.07, 6.45) is 5.40. The maximum absolute atomic E-state index is 13.4. The Morgan fingerprint density at radius 2 is 1.77 bits per heavy atom. The quantitative estimate of drug-likeness (QED) is 0.703. The summed E-state index contributed by atoms with van der Waals surface area (Å²) in [5.41, 5.74) is 1.32. The minimum absolute atomic E-state index is 0.0721. The minimum atomic E-state index is -3.67. The molecule has 0 N–H and O–H groups in total. The van der Waals surface area contributed by atoms with E-state index in [0.717, 1.165) is 38.8 Å². The van der Waals surface area contributed by atoms with Gasteiger partial charge >= 0.3 is 0 Å². The van der Waals surface area contributed by atoms with Gasteiger partial charge in [-0.3, -0.25) is 4.79 Å². The van der Waals surface area contributed by atoms with Crippen LogP contribution in [0.2, 0.25) is 0 Å². The third-order valence-corrected chi connectivity index (χ3v) is 8.69. The summed E-state index contributed by atoms with van der Waals surface area (Å²) in [4.78, 5) is 19.3. The van der Waals surface area contributed by atoms with Gasteiger partial charge in [0.15, 0.2) is 0 Å². The molecule has 2 aromatic rings. The first-order valence-electron chi connectivity index (χ1n) is 11.2. The molecule has 1 aromatic heterocycles. The Balaban J connectivity index is 1.32. The zero-order chi connectivity index (χ0) is 21.6. The highest BCUT2D eigenvalue weighted by atomic mass is 32.2. The molecule has 3 fully saturated rings. The number of sulfonamides is 1. The van der Waals surface area contributed by atoms with E-state index in [-0.39, 0.29) is 16.7 Å². The molecule has 1 saturated carbocycles. The van der Waals surface area contributed by atoms with E-state index in [4.69, 9.17) is 4.52 Å². The minimum Gasteiger partial charge on any atom is -0.342 e. The van der Waals surface area contributed by atoms with Gasteiger partial charge in [0.25, 0.3) is 0 Å². The second-order valence-electron chi connectivity index (χ2n) is 8.92. The Morgan fingerprint density at radius 3 is 2.45 bits per heavy atom. The van der Waals surface area contributed by atoms with Crippen LogP contribution >= 0.6 is 0 Å². The van der Waals surface area contributed by atoms with Crippen molar-refractivity contribution in [3.63, 3.8) is 0 Å². The molecule has 1 amide bonds. The summed E-state index contributed by atoms with van der Waals surface area (Å²) in [5, 5.41) is 4.04. The van der Waals surface area contributed by atoms with Crippen LogP contribution in [0, 0.1) is 12.8 Å². The number of carbonyl (C=O) groups excluding carboxylic acids is 1. The van der Waals surface area contributed by atoms with Crippen LogP contribution in [0.3, 0.4) is 0 Å². The van der Waals surface area contributed by atoms with Crippen LogP contribution in [-0.4, -0.2) is 59.8 Å². The molecule has 8 nitrogen and oxygen atoms in total. The molecule has 0 radical (unpaired) electrons. The van der Waals surface area contributed by atoms with Gasteiger partial charge in [-0.15, -0.1) is 0 Å². The van der Waals surface area contributed by atoms with Crippen LogP contribution in [0.1, 0.15) is 55.9 Å². The Kier molecular flexibility index (Phi) is 5.34. The standard InChI is InChI=1S/C22H28N4O4S/c1-15-4-5-18(20-23-21(30-24-20)16-6-7-16)14-19(15)31(28,29)26-12-8-17(9-13-26)22(27)25-10-2-3-11-25/h4-5,14,16-17H,2-3,6-13H2,1H3. The predicted molar refractivity (Wildman–Crippen MR) is 114 cm³/mol. The fourth-order valence-corrected chi connectivity index (χ4v) is 6.26. The van der Waals surface area contributed by atoms with Crippen LogP contribution in [-0.2, 0) is 14.8 Å². The van der Waals surface area contributed by atoms with Crippen LogP contribution in [0.15, 0.2) is 27.6 Å². The van der Waals surface area contributed by atoms with Gasteiger partial charge in [-0.2, -0.15) is 9.29 Å². The number of aryl methyl sites for hydroxylation is 1. The van der Waals surface area contributed by atoms with Crippen LogP contribution < -0.4 is 0 Å². The Bertz CT molecular complexity index is 1080. The highest BCUT2D eigenvalue weighted by Gasteiger charge is 2.35. The van der Waals surface area contributed by atoms with Crippen molar-refractivity contribution >= 4 is 15.9 Å². The monoisotopic (exact) mass is 444 g/mol. The first-order valence-corrected chi connectivity index (χ1v) is 12.6. The molecular formula is C22H28N4O4S. The van der Waals surface area contributed by atoms with Gasteiger partial charge in [0, 0.05) is 43.6 Å². The fraction of sp³-hybridized carbons (Fsp3) is 0.591. The molecule has 3 aliphatic rings. The molecule has 3 heterocycles. The Morgan fingerprint density at radius 1 is 1.06 bits per heavy atom. The maximum Gasteiger partial charge on any atom is 0.243 e. The number of carbonyl (C=O) groups is 1. The van der Waals surface area contributed by atoms with E-state index in [1.165, 1.54) is 4.31 Å². The number of hydrogen-bond donors (Lipinski definition) is 0. The van der Waals surface area contributed by atoms with Gasteiger partial charge in [0.1, 0.15) is 0 Å². The number of amides is 1. The molecule has 5 rings (SSSR count). The lowest BCUT2D eigenvalue weighted by atomic mass is 9.97. The van der Waals surface area contributed by atoms with Crippen LogP contribution in [0.5, 0.6) is 0 Å². The molecule has 31 heavy (non-hydrogen) atoms. The molecule has 2 saturated heterocycles. The van der Waals surface area contributed by atoms with Crippen molar-refractivity contribution in [2.75, 3.05) is 26.2 Å². The molecule has 2 aliphatic heterocycles. The molecule has 1 aliphatic carbocycles. The van der Waals surface area contributed by atoms with Gasteiger partial charge in [-0.1, -0.05) is 17.3 Å². The third-order valence-electron chi connectivity index (χ3n) is 6.65. The van der Waals surface area contributed by atoms with Gasteiger partial charge in [0.05, 0.1) is 4.90 Å². The second-order valence-corrected chi connectivity index (χ2v) is 10.8. The van der Waals surface area contributed by atoms with Crippen LogP contribution in [0.25, 0.3) is 11.4 Å². The number of aromatic nitrogens is 2. The normalized spacial score (nSPS) is 21.0. The molecule has 1 aromatic carbocycles. The highest BCUT2D eigenvalue weighted by molar-refractivity contribution is 7.89. The lowest BCUT2D eigenvalue weighted by Gasteiger charge is -2.32. The van der Waals surface area contributed by atoms with E-state index in [9.17, 15) is 13.2 Å². The average Bonchev–Trinajstić information content (AvgIpc) is 3.27. The first kappa shape index (κ1) is 20.6. The van der Waals surface area contributed by atoms with Crippen molar-refractivity contribution < 1.29 is 17.7 Å². The zero-order valence-corrected chi connectivity index (χ0v) is 18.6. The van der Waals surface area contributed by atoms with E-state index >= 15 is 0 Å². The topological polar surface area (TPSA) is 96.6 Å². The van der Waals surface area contributed by atoms with Crippen LogP contribution in [0.4, 0.5) is 0 Å². The summed E-state index contributed by atoms with van der Waals surface area (Å²) in [6.45, 7) is 4.20. The molecule has 166 valence electrons. The number of nitrogens with zero attached hydrogens (tertiary/aromatic N) is 4. The van der Waals surface area contributed by atoms with Gasteiger partial charge in [0.2, 0.25) is 27.6 Å². The number of rotatable bonds is 5. The first-order chi connectivity index (χ1) is 14.9. The lowest BCUT2D eigenvalue weighted by Crippen LogP contribution is -2.43. The van der Waals surface area contributed by atoms with E-state index in [1.54, 1.807) is 19.1 Å². The second kappa shape index (κ2) is 8.02. The van der Waals surface area contributed by atoms with E-state index in [0.29, 0.717) is 54.7 Å². The largest absolute Gasteiger partial charge is 0.342 e. The zero-order valence-electron chi connectivity index (χ0n) is 17.8. The average molecular weight is 445 g/mol. The maximum atomic E-state index is 13.4. The third kappa shape index (κ3) is 4.01. The predicted octanol–water partition coefficient (Wildman–Crippen LogP) is 2.95. The summed E-state index contributed by atoms with van der Waals surface area (Å²) >= 11 is 0. The van der Waals surface area contributed by atoms with Crippen molar-refractivity contribution in [1.82, 2.24) is 19.3 Å². The summed E-state index contributed by atoms with van der Waals surface area (Å²) in [7, 11) is -3.67. The number of piperidine rings is 1. The molecule has 0 bridgehead atoms. The molecular weight excluding hydrogens is 416 g/mol. The molecule has 0 unspecified atom stereocenters.